The molecule has 0 fully saturated rings. The molecule has 2 rings (SSSR count). The number of aliphatic carboxylic acids is 1. The van der Waals surface area contributed by atoms with E-state index in [1.807, 2.05) is 30.3 Å². The maximum atomic E-state index is 11.0. The number of benzene rings is 2. The van der Waals surface area contributed by atoms with Gasteiger partial charge in [-0.1, -0.05) is 54.6 Å². The van der Waals surface area contributed by atoms with Crippen LogP contribution >= 0.6 is 0 Å². The molecule has 3 heteroatoms. The van der Waals surface area contributed by atoms with E-state index >= 15 is 0 Å². The van der Waals surface area contributed by atoms with E-state index < -0.39 is 12.0 Å². The summed E-state index contributed by atoms with van der Waals surface area (Å²) in [6.07, 6.45) is 1.36. The molecule has 2 aromatic carbocycles. The molecule has 0 aliphatic rings. The fraction of sp³-hybridized carbons (Fsp3) is 0.235. The standard InChI is InChI=1S/C17H19NO2/c1-18-16(17(19)20)12-15-9-5-8-14(11-15)10-13-6-3-2-4-7-13/h2-9,11,16,18H,10,12H2,1H3,(H,19,20). The largest absolute Gasteiger partial charge is 0.480 e. The molecular weight excluding hydrogens is 250 g/mol. The Hall–Kier alpha value is -2.13. The Morgan fingerprint density at radius 3 is 2.35 bits per heavy atom. The molecule has 0 saturated heterocycles. The lowest BCUT2D eigenvalue weighted by molar-refractivity contribution is -0.139. The van der Waals surface area contributed by atoms with Crippen LogP contribution in [0.25, 0.3) is 0 Å². The van der Waals surface area contributed by atoms with Gasteiger partial charge in [0.2, 0.25) is 0 Å². The predicted octanol–water partition coefficient (Wildman–Crippen LogP) is 2.49. The average molecular weight is 269 g/mol. The van der Waals surface area contributed by atoms with Crippen molar-refractivity contribution < 1.29 is 9.90 Å². The summed E-state index contributed by atoms with van der Waals surface area (Å²) in [5, 5.41) is 11.9. The van der Waals surface area contributed by atoms with E-state index in [2.05, 4.69) is 29.6 Å². The van der Waals surface area contributed by atoms with E-state index in [1.165, 1.54) is 11.1 Å². The topological polar surface area (TPSA) is 49.3 Å². The van der Waals surface area contributed by atoms with Gasteiger partial charge in [-0.05, 0) is 36.6 Å². The van der Waals surface area contributed by atoms with E-state index in [1.54, 1.807) is 7.05 Å². The number of rotatable bonds is 6. The minimum Gasteiger partial charge on any atom is -0.480 e. The Kier molecular flexibility index (Phi) is 4.91. The summed E-state index contributed by atoms with van der Waals surface area (Å²) in [5.74, 6) is -0.819. The van der Waals surface area contributed by atoms with Crippen LogP contribution in [-0.2, 0) is 17.6 Å². The molecular formula is C17H19NO2. The molecule has 0 amide bonds. The molecule has 0 aliphatic carbocycles. The molecule has 3 nitrogen and oxygen atoms in total. The molecule has 2 N–H and O–H groups in total. The summed E-state index contributed by atoms with van der Waals surface area (Å²) in [6, 6.07) is 17.8. The molecule has 20 heavy (non-hydrogen) atoms. The first-order chi connectivity index (χ1) is 9.69. The molecule has 0 bridgehead atoms. The number of carboxylic acids is 1. The molecule has 1 unspecified atom stereocenters. The van der Waals surface area contributed by atoms with Crippen molar-refractivity contribution in [2.45, 2.75) is 18.9 Å². The average Bonchev–Trinajstić information content (AvgIpc) is 2.46. The molecule has 0 heterocycles. The zero-order valence-electron chi connectivity index (χ0n) is 11.5. The van der Waals surface area contributed by atoms with E-state index in [0.717, 1.165) is 12.0 Å². The Bertz CT molecular complexity index is 566. The molecule has 0 saturated carbocycles. The lowest BCUT2D eigenvalue weighted by Gasteiger charge is -2.12. The zero-order valence-corrected chi connectivity index (χ0v) is 11.5. The lowest BCUT2D eigenvalue weighted by Crippen LogP contribution is -2.35. The van der Waals surface area contributed by atoms with Crippen molar-refractivity contribution in [2.75, 3.05) is 7.05 Å². The highest BCUT2D eigenvalue weighted by molar-refractivity contribution is 5.73. The molecule has 2 aromatic rings. The molecule has 104 valence electrons. The van der Waals surface area contributed by atoms with Crippen LogP contribution in [0.15, 0.2) is 54.6 Å². The van der Waals surface area contributed by atoms with Crippen molar-refractivity contribution in [3.05, 3.63) is 71.3 Å². The van der Waals surface area contributed by atoms with Gasteiger partial charge in [-0.2, -0.15) is 0 Å². The number of likely N-dealkylation sites (N-methyl/N-ethyl adjacent to an activating group) is 1. The zero-order chi connectivity index (χ0) is 14.4. The molecule has 0 aromatic heterocycles. The summed E-state index contributed by atoms with van der Waals surface area (Å²) in [6.45, 7) is 0. The normalized spacial score (nSPS) is 12.1. The second-order valence-corrected chi connectivity index (χ2v) is 4.87. The van der Waals surface area contributed by atoms with Gasteiger partial charge in [0.25, 0.3) is 0 Å². The van der Waals surface area contributed by atoms with Gasteiger partial charge in [-0.15, -0.1) is 0 Å². The van der Waals surface area contributed by atoms with Crippen molar-refractivity contribution >= 4 is 5.97 Å². The van der Waals surface area contributed by atoms with Crippen molar-refractivity contribution in [3.63, 3.8) is 0 Å². The monoisotopic (exact) mass is 269 g/mol. The third-order valence-electron chi connectivity index (χ3n) is 3.33. The van der Waals surface area contributed by atoms with Crippen LogP contribution in [0, 0.1) is 0 Å². The maximum Gasteiger partial charge on any atom is 0.321 e. The third-order valence-corrected chi connectivity index (χ3v) is 3.33. The minimum atomic E-state index is -0.819. The van der Waals surface area contributed by atoms with Gasteiger partial charge >= 0.3 is 5.97 Å². The third kappa shape index (κ3) is 3.93. The smallest absolute Gasteiger partial charge is 0.321 e. The first kappa shape index (κ1) is 14.3. The van der Waals surface area contributed by atoms with Gasteiger partial charge in [0.1, 0.15) is 6.04 Å². The van der Waals surface area contributed by atoms with Crippen LogP contribution in [0.5, 0.6) is 0 Å². The number of nitrogens with one attached hydrogen (secondary N) is 1. The number of carboxylic acid groups (broad SMARTS) is 1. The fourth-order valence-electron chi connectivity index (χ4n) is 2.25. The first-order valence-corrected chi connectivity index (χ1v) is 6.71. The van der Waals surface area contributed by atoms with Gasteiger partial charge < -0.3 is 10.4 Å². The van der Waals surface area contributed by atoms with Crippen molar-refractivity contribution in [1.29, 1.82) is 0 Å². The second kappa shape index (κ2) is 6.87. The summed E-state index contributed by atoms with van der Waals surface area (Å²) in [7, 11) is 1.67. The summed E-state index contributed by atoms with van der Waals surface area (Å²) >= 11 is 0. The van der Waals surface area contributed by atoms with Crippen LogP contribution in [0.1, 0.15) is 16.7 Å². The van der Waals surface area contributed by atoms with Gasteiger partial charge in [-0.25, -0.2) is 0 Å². The van der Waals surface area contributed by atoms with Crippen LogP contribution in [0.3, 0.4) is 0 Å². The van der Waals surface area contributed by atoms with Crippen molar-refractivity contribution in [1.82, 2.24) is 5.32 Å². The Balaban J connectivity index is 2.10. The lowest BCUT2D eigenvalue weighted by atomic mass is 9.99. The van der Waals surface area contributed by atoms with Crippen molar-refractivity contribution in [3.8, 4) is 0 Å². The Morgan fingerprint density at radius 1 is 1.05 bits per heavy atom. The predicted molar refractivity (Wildman–Crippen MR) is 79.9 cm³/mol. The van der Waals surface area contributed by atoms with E-state index in [4.69, 9.17) is 5.11 Å². The van der Waals surface area contributed by atoms with Gasteiger partial charge in [0, 0.05) is 0 Å². The van der Waals surface area contributed by atoms with Crippen LogP contribution in [0.4, 0.5) is 0 Å². The number of hydrogen-bond acceptors (Lipinski definition) is 2. The number of carbonyl (C=O) groups is 1. The maximum absolute atomic E-state index is 11.0. The fourth-order valence-corrected chi connectivity index (χ4v) is 2.25. The van der Waals surface area contributed by atoms with Crippen LogP contribution in [0.2, 0.25) is 0 Å². The SMILES string of the molecule is CNC(Cc1cccc(Cc2ccccc2)c1)C(=O)O. The Labute approximate surface area is 119 Å². The second-order valence-electron chi connectivity index (χ2n) is 4.87. The molecule has 0 aliphatic heterocycles. The highest BCUT2D eigenvalue weighted by Crippen LogP contribution is 2.13. The van der Waals surface area contributed by atoms with Gasteiger partial charge in [0.15, 0.2) is 0 Å². The van der Waals surface area contributed by atoms with Gasteiger partial charge in [-0.3, -0.25) is 4.79 Å². The highest BCUT2D eigenvalue weighted by atomic mass is 16.4. The minimum absolute atomic E-state index is 0.495. The summed E-state index contributed by atoms with van der Waals surface area (Å²) < 4.78 is 0. The Morgan fingerprint density at radius 2 is 1.70 bits per heavy atom. The molecule has 0 spiro atoms. The molecule has 1 atom stereocenters. The van der Waals surface area contributed by atoms with Crippen LogP contribution in [-0.4, -0.2) is 24.2 Å². The van der Waals surface area contributed by atoms with E-state index in [-0.39, 0.29) is 0 Å². The first-order valence-electron chi connectivity index (χ1n) is 6.71. The molecule has 0 radical (unpaired) electrons. The quantitative estimate of drug-likeness (QED) is 0.847. The summed E-state index contributed by atoms with van der Waals surface area (Å²) in [4.78, 5) is 11.0. The van der Waals surface area contributed by atoms with Crippen molar-refractivity contribution in [2.24, 2.45) is 0 Å². The number of hydrogen-bond donors (Lipinski definition) is 2. The highest BCUT2D eigenvalue weighted by Gasteiger charge is 2.15. The van der Waals surface area contributed by atoms with Crippen LogP contribution < -0.4 is 5.32 Å². The summed E-state index contributed by atoms with van der Waals surface area (Å²) in [5.41, 5.74) is 3.50. The van der Waals surface area contributed by atoms with Gasteiger partial charge in [0.05, 0.1) is 0 Å². The van der Waals surface area contributed by atoms with E-state index in [9.17, 15) is 4.79 Å². The van der Waals surface area contributed by atoms with E-state index in [0.29, 0.717) is 6.42 Å².